The van der Waals surface area contributed by atoms with Gasteiger partial charge >= 0.3 is 5.97 Å². The van der Waals surface area contributed by atoms with E-state index >= 15 is 0 Å². The normalized spacial score (nSPS) is 17.7. The van der Waals surface area contributed by atoms with E-state index in [1.807, 2.05) is 0 Å². The molecule has 0 spiro atoms. The summed E-state index contributed by atoms with van der Waals surface area (Å²) < 4.78 is 11.3. The van der Waals surface area contributed by atoms with Crippen LogP contribution in [0.5, 0.6) is 0 Å². The van der Waals surface area contributed by atoms with Crippen molar-refractivity contribution in [2.75, 3.05) is 6.61 Å². The minimum absolute atomic E-state index is 0.0135. The second-order valence-electron chi connectivity index (χ2n) is 7.44. The van der Waals surface area contributed by atoms with E-state index in [2.05, 4.69) is 16.0 Å². The van der Waals surface area contributed by atoms with Gasteiger partial charge in [0.25, 0.3) is 0 Å². The van der Waals surface area contributed by atoms with Crippen molar-refractivity contribution in [2.45, 2.75) is 32.1 Å². The van der Waals surface area contributed by atoms with Crippen molar-refractivity contribution in [3.8, 4) is 0 Å². The predicted molar refractivity (Wildman–Crippen MR) is 126 cm³/mol. The van der Waals surface area contributed by atoms with Gasteiger partial charge in [-0.25, -0.2) is 4.79 Å². The molecule has 1 atom stereocenters. The second-order valence-corrected chi connectivity index (χ2v) is 8.31. The molecule has 0 bridgehead atoms. The average molecular weight is 483 g/mol. The van der Waals surface area contributed by atoms with E-state index in [1.54, 1.807) is 55.5 Å². The summed E-state index contributed by atoms with van der Waals surface area (Å²) in [5, 5.41) is 1.13. The SMILES string of the molecule is CCOC(=O)C1=C(N=C=Nc2ccc(Cl)cc2)OC2=C(C(=O)CCC2)C1c1ccc(Cl)cc1. The van der Waals surface area contributed by atoms with E-state index in [4.69, 9.17) is 32.7 Å². The maximum Gasteiger partial charge on any atom is 0.340 e. The highest BCUT2D eigenvalue weighted by Crippen LogP contribution is 2.45. The number of aliphatic imine (C=N–C) groups is 2. The number of rotatable bonds is 5. The van der Waals surface area contributed by atoms with Gasteiger partial charge in [-0.2, -0.15) is 4.99 Å². The first-order chi connectivity index (χ1) is 16.0. The lowest BCUT2D eigenvalue weighted by atomic mass is 9.77. The molecule has 2 aliphatic rings. The Morgan fingerprint density at radius 1 is 1.06 bits per heavy atom. The van der Waals surface area contributed by atoms with Crippen LogP contribution in [-0.4, -0.2) is 24.4 Å². The van der Waals surface area contributed by atoms with Crippen LogP contribution in [0.15, 0.2) is 81.3 Å². The first-order valence-corrected chi connectivity index (χ1v) is 11.3. The van der Waals surface area contributed by atoms with Crippen molar-refractivity contribution in [1.29, 1.82) is 0 Å². The highest BCUT2D eigenvalue weighted by atomic mass is 35.5. The largest absolute Gasteiger partial charge is 0.462 e. The average Bonchev–Trinajstić information content (AvgIpc) is 2.80. The van der Waals surface area contributed by atoms with Crippen molar-refractivity contribution in [3.05, 3.63) is 86.9 Å². The van der Waals surface area contributed by atoms with Crippen molar-refractivity contribution in [2.24, 2.45) is 9.98 Å². The monoisotopic (exact) mass is 482 g/mol. The summed E-state index contributed by atoms with van der Waals surface area (Å²) in [5.74, 6) is -0.843. The van der Waals surface area contributed by atoms with Gasteiger partial charge in [0.05, 0.1) is 18.2 Å². The van der Waals surface area contributed by atoms with Gasteiger partial charge in [0.1, 0.15) is 17.3 Å². The van der Waals surface area contributed by atoms with Crippen molar-refractivity contribution in [3.63, 3.8) is 0 Å². The molecule has 0 radical (unpaired) electrons. The molecule has 1 aliphatic carbocycles. The van der Waals surface area contributed by atoms with Crippen LogP contribution in [0.1, 0.15) is 37.7 Å². The van der Waals surface area contributed by atoms with E-state index in [0.717, 1.165) is 5.56 Å². The third-order valence-electron chi connectivity index (χ3n) is 5.29. The summed E-state index contributed by atoms with van der Waals surface area (Å²) >= 11 is 12.0. The van der Waals surface area contributed by atoms with Crippen LogP contribution in [0.25, 0.3) is 0 Å². The maximum atomic E-state index is 13.1. The van der Waals surface area contributed by atoms with Gasteiger partial charge < -0.3 is 9.47 Å². The molecule has 8 heteroatoms. The van der Waals surface area contributed by atoms with Gasteiger partial charge in [0.2, 0.25) is 5.88 Å². The van der Waals surface area contributed by atoms with Gasteiger partial charge in [-0.3, -0.25) is 4.79 Å². The van der Waals surface area contributed by atoms with Gasteiger partial charge in [0.15, 0.2) is 5.78 Å². The fourth-order valence-corrected chi connectivity index (χ4v) is 4.08. The molecule has 1 aliphatic heterocycles. The molecule has 1 heterocycles. The van der Waals surface area contributed by atoms with Crippen LogP contribution >= 0.6 is 23.2 Å². The van der Waals surface area contributed by atoms with Crippen LogP contribution in [0, 0.1) is 0 Å². The molecule has 2 aromatic rings. The number of hydrogen-bond donors (Lipinski definition) is 0. The summed E-state index contributed by atoms with van der Waals surface area (Å²) in [4.78, 5) is 34.4. The highest BCUT2D eigenvalue weighted by Gasteiger charge is 2.41. The van der Waals surface area contributed by atoms with Gasteiger partial charge in [-0.15, -0.1) is 4.99 Å². The zero-order chi connectivity index (χ0) is 23.4. The summed E-state index contributed by atoms with van der Waals surface area (Å²) in [7, 11) is 0. The molecule has 2 aromatic carbocycles. The van der Waals surface area contributed by atoms with E-state index in [-0.39, 0.29) is 23.8 Å². The second kappa shape index (κ2) is 10.2. The first kappa shape index (κ1) is 23.0. The molecule has 1 unspecified atom stereocenters. The Kier molecular flexibility index (Phi) is 7.09. The molecule has 0 aromatic heterocycles. The number of ether oxygens (including phenoxy) is 2. The first-order valence-electron chi connectivity index (χ1n) is 10.5. The minimum atomic E-state index is -0.686. The van der Waals surface area contributed by atoms with Crippen LogP contribution in [0.3, 0.4) is 0 Å². The zero-order valence-corrected chi connectivity index (χ0v) is 19.3. The molecular weight excluding hydrogens is 463 g/mol. The zero-order valence-electron chi connectivity index (χ0n) is 17.8. The lowest BCUT2D eigenvalue weighted by molar-refractivity contribution is -0.139. The molecule has 33 heavy (non-hydrogen) atoms. The molecule has 168 valence electrons. The lowest BCUT2D eigenvalue weighted by Gasteiger charge is -2.32. The standard InChI is InChI=1S/C25H20Cl2N2O4/c1-2-32-25(31)23-21(15-6-8-16(26)9-7-15)22-19(30)4-3-5-20(22)33-24(23)29-14-28-18-12-10-17(27)11-13-18/h6-13,21H,2-5H2,1H3. The fourth-order valence-electron chi connectivity index (χ4n) is 3.83. The third-order valence-corrected chi connectivity index (χ3v) is 5.80. The van der Waals surface area contributed by atoms with Crippen molar-refractivity contribution < 1.29 is 19.1 Å². The maximum absolute atomic E-state index is 13.1. The smallest absolute Gasteiger partial charge is 0.340 e. The fraction of sp³-hybridized carbons (Fsp3) is 0.240. The Hall–Kier alpha value is -3.18. The Bertz CT molecular complexity index is 1210. The lowest BCUT2D eigenvalue weighted by Crippen LogP contribution is -2.29. The molecule has 0 saturated carbocycles. The van der Waals surface area contributed by atoms with E-state index < -0.39 is 11.9 Å². The number of carbonyl (C=O) groups excluding carboxylic acids is 2. The number of allylic oxidation sites excluding steroid dienone is 2. The molecule has 4 rings (SSSR count). The van der Waals surface area contributed by atoms with Gasteiger partial charge in [0, 0.05) is 28.5 Å². The highest BCUT2D eigenvalue weighted by molar-refractivity contribution is 6.30. The molecule has 6 nitrogen and oxygen atoms in total. The van der Waals surface area contributed by atoms with Crippen molar-refractivity contribution >= 4 is 46.7 Å². The number of benzene rings is 2. The molecule has 0 saturated heterocycles. The topological polar surface area (TPSA) is 77.3 Å². The Balaban J connectivity index is 1.85. The number of carbonyl (C=O) groups is 2. The van der Waals surface area contributed by atoms with Crippen LogP contribution in [0.4, 0.5) is 5.69 Å². The molecule has 0 N–H and O–H groups in total. The number of hydrogen-bond acceptors (Lipinski definition) is 6. The Morgan fingerprint density at radius 2 is 1.73 bits per heavy atom. The van der Waals surface area contributed by atoms with Crippen LogP contribution in [-0.2, 0) is 19.1 Å². The summed E-state index contributed by atoms with van der Waals surface area (Å²) in [6, 6.07) is 16.4. The molecular formula is C25H20Cl2N2O4. The Morgan fingerprint density at radius 3 is 2.39 bits per heavy atom. The van der Waals surface area contributed by atoms with Gasteiger partial charge in [-0.1, -0.05) is 35.3 Å². The van der Waals surface area contributed by atoms with E-state index in [0.29, 0.717) is 46.3 Å². The summed E-state index contributed by atoms with van der Waals surface area (Å²) in [6.45, 7) is 1.87. The number of halogens is 2. The predicted octanol–water partition coefficient (Wildman–Crippen LogP) is 6.39. The summed E-state index contributed by atoms with van der Waals surface area (Å²) in [5.41, 5.74) is 1.89. The van der Waals surface area contributed by atoms with E-state index in [1.165, 1.54) is 0 Å². The minimum Gasteiger partial charge on any atom is -0.462 e. The number of esters is 1. The Labute approximate surface area is 201 Å². The quantitative estimate of drug-likeness (QED) is 0.365. The summed E-state index contributed by atoms with van der Waals surface area (Å²) in [6.07, 6.45) is 1.61. The molecule has 0 fully saturated rings. The van der Waals surface area contributed by atoms with Gasteiger partial charge in [-0.05, 0) is 55.3 Å². The van der Waals surface area contributed by atoms with Crippen molar-refractivity contribution in [1.82, 2.24) is 0 Å². The number of nitrogens with zero attached hydrogens (tertiary/aromatic N) is 2. The van der Waals surface area contributed by atoms with Crippen LogP contribution in [0.2, 0.25) is 10.0 Å². The third kappa shape index (κ3) is 5.09. The number of ketones is 1. The van der Waals surface area contributed by atoms with E-state index in [9.17, 15) is 9.59 Å². The number of Topliss-reactive ketones (excluding diaryl/α,β-unsaturated/α-hetero) is 1. The molecule has 0 amide bonds. The van der Waals surface area contributed by atoms with Crippen LogP contribution < -0.4 is 0 Å².